The van der Waals surface area contributed by atoms with Gasteiger partial charge in [-0.25, -0.2) is 0 Å². The fourth-order valence-corrected chi connectivity index (χ4v) is 4.22. The van der Waals surface area contributed by atoms with E-state index in [1.54, 1.807) is 7.11 Å². The molecule has 102 valence electrons. The molecule has 0 heterocycles. The number of ether oxygens (including phenoxy) is 1. The Hall–Kier alpha value is -1.51. The van der Waals surface area contributed by atoms with E-state index >= 15 is 0 Å². The number of aliphatic carboxylic acids is 1. The smallest absolute Gasteiger partial charge is 0.307 e. The van der Waals surface area contributed by atoms with Gasteiger partial charge in [0.25, 0.3) is 0 Å². The Kier molecular flexibility index (Phi) is 3.00. The second kappa shape index (κ2) is 4.55. The van der Waals surface area contributed by atoms with E-state index in [0.29, 0.717) is 0 Å². The van der Waals surface area contributed by atoms with E-state index in [-0.39, 0.29) is 11.3 Å². The van der Waals surface area contributed by atoms with Crippen molar-refractivity contribution in [2.75, 3.05) is 7.11 Å². The molecule has 0 amide bonds. The van der Waals surface area contributed by atoms with E-state index in [2.05, 4.69) is 6.07 Å². The summed E-state index contributed by atoms with van der Waals surface area (Å²) in [6.07, 6.45) is 5.84. The van der Waals surface area contributed by atoms with Crippen molar-refractivity contribution in [1.82, 2.24) is 0 Å². The third kappa shape index (κ3) is 1.75. The molecule has 19 heavy (non-hydrogen) atoms. The van der Waals surface area contributed by atoms with E-state index in [4.69, 9.17) is 4.74 Å². The number of fused-ring (bicyclic) bond motifs is 2. The maximum atomic E-state index is 11.6. The van der Waals surface area contributed by atoms with Gasteiger partial charge in [0, 0.05) is 5.41 Å². The molecule has 1 spiro atoms. The highest BCUT2D eigenvalue weighted by atomic mass is 16.5. The Bertz CT molecular complexity index is 501. The highest BCUT2D eigenvalue weighted by Crippen LogP contribution is 2.53. The van der Waals surface area contributed by atoms with Gasteiger partial charge in [-0.2, -0.15) is 0 Å². The van der Waals surface area contributed by atoms with Gasteiger partial charge < -0.3 is 9.84 Å². The van der Waals surface area contributed by atoms with Crippen LogP contribution in [-0.4, -0.2) is 18.2 Å². The largest absolute Gasteiger partial charge is 0.496 e. The van der Waals surface area contributed by atoms with Gasteiger partial charge in [-0.15, -0.1) is 0 Å². The predicted molar refractivity (Wildman–Crippen MR) is 72.6 cm³/mol. The van der Waals surface area contributed by atoms with Crippen LogP contribution in [0.4, 0.5) is 0 Å². The zero-order chi connectivity index (χ0) is 13.5. The molecule has 1 unspecified atom stereocenters. The Morgan fingerprint density at radius 3 is 2.74 bits per heavy atom. The molecule has 1 aromatic rings. The van der Waals surface area contributed by atoms with E-state index < -0.39 is 5.97 Å². The van der Waals surface area contributed by atoms with Gasteiger partial charge in [-0.3, -0.25) is 4.79 Å². The molecule has 0 radical (unpaired) electrons. The van der Waals surface area contributed by atoms with Gasteiger partial charge >= 0.3 is 5.97 Å². The minimum atomic E-state index is -0.629. The van der Waals surface area contributed by atoms with Crippen molar-refractivity contribution in [3.8, 4) is 5.75 Å². The van der Waals surface area contributed by atoms with Crippen LogP contribution in [0.2, 0.25) is 0 Å². The highest BCUT2D eigenvalue weighted by molar-refractivity contribution is 5.74. The highest BCUT2D eigenvalue weighted by Gasteiger charge is 2.49. The van der Waals surface area contributed by atoms with Gasteiger partial charge in [-0.1, -0.05) is 25.0 Å². The van der Waals surface area contributed by atoms with Crippen LogP contribution in [0.15, 0.2) is 18.2 Å². The first-order valence-electron chi connectivity index (χ1n) is 7.08. The molecule has 1 atom stereocenters. The summed E-state index contributed by atoms with van der Waals surface area (Å²) in [4.78, 5) is 11.6. The van der Waals surface area contributed by atoms with Gasteiger partial charge in [0.1, 0.15) is 5.75 Å². The maximum Gasteiger partial charge on any atom is 0.307 e. The van der Waals surface area contributed by atoms with Gasteiger partial charge in [0.05, 0.1) is 13.0 Å². The number of carboxylic acids is 1. The van der Waals surface area contributed by atoms with E-state index in [0.717, 1.165) is 44.3 Å². The molecule has 0 bridgehead atoms. The van der Waals surface area contributed by atoms with Crippen LogP contribution >= 0.6 is 0 Å². The molecule has 3 nitrogen and oxygen atoms in total. The van der Waals surface area contributed by atoms with Crippen LogP contribution in [0.25, 0.3) is 0 Å². The summed E-state index contributed by atoms with van der Waals surface area (Å²) in [5, 5.41) is 9.58. The zero-order valence-corrected chi connectivity index (χ0v) is 11.3. The standard InChI is InChI=1S/C16H20O3/c1-19-14-6-4-5-12-11(14)7-8-13(15(17)18)16(12)9-2-3-10-16/h4-6,13H,2-3,7-10H2,1H3,(H,17,18). The minimum absolute atomic E-state index is 0.145. The molecule has 0 aliphatic heterocycles. The lowest BCUT2D eigenvalue weighted by atomic mass is 9.62. The molecule has 1 N–H and O–H groups in total. The van der Waals surface area contributed by atoms with Crippen LogP contribution in [0.3, 0.4) is 0 Å². The van der Waals surface area contributed by atoms with Crippen molar-refractivity contribution in [3.05, 3.63) is 29.3 Å². The molecule has 1 aromatic carbocycles. The Morgan fingerprint density at radius 1 is 1.37 bits per heavy atom. The Balaban J connectivity index is 2.15. The molecule has 2 aliphatic rings. The first-order valence-corrected chi connectivity index (χ1v) is 7.08. The molecule has 0 aromatic heterocycles. The lowest BCUT2D eigenvalue weighted by Crippen LogP contribution is -2.41. The predicted octanol–water partition coefficient (Wildman–Crippen LogP) is 3.15. The second-order valence-electron chi connectivity index (χ2n) is 5.78. The van der Waals surface area contributed by atoms with Crippen molar-refractivity contribution in [1.29, 1.82) is 0 Å². The monoisotopic (exact) mass is 260 g/mol. The molecular weight excluding hydrogens is 240 g/mol. The number of benzene rings is 1. The number of hydrogen-bond acceptors (Lipinski definition) is 2. The van der Waals surface area contributed by atoms with Crippen LogP contribution in [-0.2, 0) is 16.6 Å². The van der Waals surface area contributed by atoms with Crippen molar-refractivity contribution >= 4 is 5.97 Å². The average Bonchev–Trinajstić information content (AvgIpc) is 2.88. The lowest BCUT2D eigenvalue weighted by Gasteiger charge is -2.41. The van der Waals surface area contributed by atoms with Crippen LogP contribution in [0.1, 0.15) is 43.2 Å². The molecule has 2 aliphatic carbocycles. The third-order valence-electron chi connectivity index (χ3n) is 5.03. The fraction of sp³-hybridized carbons (Fsp3) is 0.562. The Morgan fingerprint density at radius 2 is 2.11 bits per heavy atom. The van der Waals surface area contributed by atoms with E-state index in [1.807, 2.05) is 12.1 Å². The summed E-state index contributed by atoms with van der Waals surface area (Å²) in [6, 6.07) is 6.11. The van der Waals surface area contributed by atoms with Crippen LogP contribution in [0, 0.1) is 5.92 Å². The van der Waals surface area contributed by atoms with Crippen molar-refractivity contribution in [2.45, 2.75) is 43.9 Å². The summed E-state index contributed by atoms with van der Waals surface area (Å²) in [5.41, 5.74) is 2.33. The molecule has 1 saturated carbocycles. The SMILES string of the molecule is COc1cccc2c1CCC(C(=O)O)C21CCCC1. The topological polar surface area (TPSA) is 46.5 Å². The summed E-state index contributed by atoms with van der Waals surface area (Å²) in [7, 11) is 1.69. The number of carbonyl (C=O) groups is 1. The first kappa shape index (κ1) is 12.5. The third-order valence-corrected chi connectivity index (χ3v) is 5.03. The van der Waals surface area contributed by atoms with Gasteiger partial charge in [0.2, 0.25) is 0 Å². The summed E-state index contributed by atoms with van der Waals surface area (Å²) in [6.45, 7) is 0. The summed E-state index contributed by atoms with van der Waals surface area (Å²) < 4.78 is 5.46. The average molecular weight is 260 g/mol. The minimum Gasteiger partial charge on any atom is -0.496 e. The van der Waals surface area contributed by atoms with Crippen molar-refractivity contribution in [3.63, 3.8) is 0 Å². The van der Waals surface area contributed by atoms with E-state index in [9.17, 15) is 9.90 Å². The van der Waals surface area contributed by atoms with Gasteiger partial charge in [-0.05, 0) is 42.9 Å². The molecule has 1 fully saturated rings. The molecule has 3 heteroatoms. The van der Waals surface area contributed by atoms with E-state index in [1.165, 1.54) is 11.1 Å². The summed E-state index contributed by atoms with van der Waals surface area (Å²) in [5.74, 6) is 0.0672. The fourth-order valence-electron chi connectivity index (χ4n) is 4.22. The van der Waals surface area contributed by atoms with Crippen LogP contribution in [0.5, 0.6) is 5.75 Å². The zero-order valence-electron chi connectivity index (χ0n) is 11.3. The second-order valence-corrected chi connectivity index (χ2v) is 5.78. The van der Waals surface area contributed by atoms with Crippen molar-refractivity contribution in [2.24, 2.45) is 5.92 Å². The van der Waals surface area contributed by atoms with Crippen LogP contribution < -0.4 is 4.74 Å². The molecule has 0 saturated heterocycles. The number of carboxylic acid groups (broad SMARTS) is 1. The van der Waals surface area contributed by atoms with Gasteiger partial charge in [0.15, 0.2) is 0 Å². The first-order chi connectivity index (χ1) is 9.19. The summed E-state index contributed by atoms with van der Waals surface area (Å²) >= 11 is 0. The number of hydrogen-bond donors (Lipinski definition) is 1. The normalized spacial score (nSPS) is 24.2. The van der Waals surface area contributed by atoms with Crippen molar-refractivity contribution < 1.29 is 14.6 Å². The molecule has 3 rings (SSSR count). The lowest BCUT2D eigenvalue weighted by molar-refractivity contribution is -0.145. The molecular formula is C16H20O3. The Labute approximate surface area is 113 Å². The maximum absolute atomic E-state index is 11.6. The number of rotatable bonds is 2. The quantitative estimate of drug-likeness (QED) is 0.888. The number of methoxy groups -OCH3 is 1.